The van der Waals surface area contributed by atoms with E-state index in [1.807, 2.05) is 18.2 Å². The molecule has 5 atom stereocenters. The topological polar surface area (TPSA) is 197 Å². The molecule has 11 heteroatoms. The van der Waals surface area contributed by atoms with Crippen molar-refractivity contribution in [1.82, 2.24) is 4.90 Å². The fraction of sp³-hybridized carbons (Fsp3) is 0.387. The summed E-state index contributed by atoms with van der Waals surface area (Å²) in [5.74, 6) is -6.89. The van der Waals surface area contributed by atoms with Crippen LogP contribution in [0.2, 0.25) is 0 Å². The van der Waals surface area contributed by atoms with Gasteiger partial charge in [-0.05, 0) is 49.8 Å². The van der Waals surface area contributed by atoms with Gasteiger partial charge >= 0.3 is 0 Å². The summed E-state index contributed by atoms with van der Waals surface area (Å²) in [4.78, 5) is 40.9. The van der Waals surface area contributed by atoms with E-state index in [2.05, 4.69) is 17.0 Å². The Morgan fingerprint density at radius 1 is 1.17 bits per heavy atom. The Bertz CT molecular complexity index is 1580. The first-order valence-corrected chi connectivity index (χ1v) is 13.9. The Balaban J connectivity index is 1.46. The minimum atomic E-state index is -2.74. The molecule has 1 saturated heterocycles. The number of hydrogen-bond acceptors (Lipinski definition) is 10. The summed E-state index contributed by atoms with van der Waals surface area (Å²) in [6.45, 7) is 1.55. The van der Waals surface area contributed by atoms with E-state index in [4.69, 9.17) is 16.2 Å². The third-order valence-electron chi connectivity index (χ3n) is 9.39. The molecule has 0 radical (unpaired) electrons. The molecule has 0 bridgehead atoms. The van der Waals surface area contributed by atoms with Crippen molar-refractivity contribution in [3.63, 3.8) is 0 Å². The number of carbonyl (C=O) groups excluding carboxylic acids is 3. The van der Waals surface area contributed by atoms with Crippen LogP contribution in [0.25, 0.3) is 5.76 Å². The molecule has 8 N–H and O–H groups in total. The number of fused-ring (bicyclic) bond motifs is 3. The van der Waals surface area contributed by atoms with Crippen molar-refractivity contribution in [2.75, 3.05) is 13.7 Å². The maximum atomic E-state index is 13.8. The van der Waals surface area contributed by atoms with Gasteiger partial charge in [0.05, 0.1) is 18.7 Å². The van der Waals surface area contributed by atoms with Crippen LogP contribution in [0.15, 0.2) is 53.3 Å². The van der Waals surface area contributed by atoms with E-state index >= 15 is 0 Å². The Kier molecular flexibility index (Phi) is 6.64. The fourth-order valence-electron chi connectivity index (χ4n) is 7.47. The number of ketones is 2. The Morgan fingerprint density at radius 3 is 2.55 bits per heavy atom. The standard InChI is InChI=1S/C31H33N3O8/c1-42-27-16(19-8-5-9-34(19)13-14-6-3-2-4-7-14)12-20(35)22-17(27)10-15-11-18-24(32)26(37)23(30(33)40)29(39)31(18,41)28(38)21(15)25(22)36/h2-4,6-7,12,15,18-19,24,35-36,39,41H,5,8-11,13,32H2,1H3,(H2,33,40)/t15-,18-,19-,24-,31-/m0/s1. The van der Waals surface area contributed by atoms with Crippen LogP contribution in [0.5, 0.6) is 11.5 Å². The number of methoxy groups -OCH3 is 1. The third-order valence-corrected chi connectivity index (χ3v) is 9.39. The predicted molar refractivity (Wildman–Crippen MR) is 150 cm³/mol. The van der Waals surface area contributed by atoms with E-state index in [9.17, 15) is 34.8 Å². The molecule has 2 aromatic carbocycles. The molecular formula is C31H33N3O8. The molecule has 0 unspecified atom stereocenters. The second-order valence-electron chi connectivity index (χ2n) is 11.6. The number of carbonyl (C=O) groups is 3. The fourth-order valence-corrected chi connectivity index (χ4v) is 7.47. The zero-order chi connectivity index (χ0) is 30.1. The first-order valence-electron chi connectivity index (χ1n) is 13.9. The Hall–Kier alpha value is -4.19. The second kappa shape index (κ2) is 9.97. The summed E-state index contributed by atoms with van der Waals surface area (Å²) in [6, 6.07) is 10.0. The number of phenols is 1. The zero-order valence-electron chi connectivity index (χ0n) is 23.0. The van der Waals surface area contributed by atoms with E-state index in [-0.39, 0.29) is 35.8 Å². The highest BCUT2D eigenvalue weighted by Crippen LogP contribution is 2.54. The SMILES string of the molecule is COc1c([C@@H]2CCCN2Cc2ccccc2)cc(O)c2c1C[C@H]1C[C@H]3[C@H](N)C(=O)C(C(N)=O)=C(O)[C@@]3(O)C(=O)C1=C2O. The van der Waals surface area contributed by atoms with Gasteiger partial charge in [-0.2, -0.15) is 0 Å². The molecule has 42 heavy (non-hydrogen) atoms. The molecule has 0 aromatic heterocycles. The number of aliphatic hydroxyl groups excluding tert-OH is 2. The molecule has 1 aliphatic heterocycles. The highest BCUT2D eigenvalue weighted by atomic mass is 16.5. The molecule has 1 amide bonds. The van der Waals surface area contributed by atoms with Crippen LogP contribution in [0.4, 0.5) is 0 Å². The van der Waals surface area contributed by atoms with Crippen molar-refractivity contribution in [3.05, 3.63) is 75.6 Å². The third kappa shape index (κ3) is 3.88. The number of aromatic hydroxyl groups is 1. The van der Waals surface area contributed by atoms with E-state index in [0.717, 1.165) is 30.5 Å². The average Bonchev–Trinajstić information content (AvgIpc) is 3.41. The largest absolute Gasteiger partial charge is 0.508 e. The number of nitrogens with zero attached hydrogens (tertiary/aromatic N) is 1. The van der Waals surface area contributed by atoms with Gasteiger partial charge in [0.2, 0.25) is 5.78 Å². The van der Waals surface area contributed by atoms with Gasteiger partial charge in [0, 0.05) is 35.2 Å². The van der Waals surface area contributed by atoms with Gasteiger partial charge in [-0.3, -0.25) is 19.3 Å². The van der Waals surface area contributed by atoms with Crippen molar-refractivity contribution in [2.45, 2.75) is 49.9 Å². The van der Waals surface area contributed by atoms with E-state index in [1.165, 1.54) is 7.11 Å². The lowest BCUT2D eigenvalue weighted by Crippen LogP contribution is -2.65. The molecule has 2 aromatic rings. The molecule has 220 valence electrons. The molecule has 1 saturated carbocycles. The van der Waals surface area contributed by atoms with Crippen molar-refractivity contribution in [2.24, 2.45) is 23.3 Å². The van der Waals surface area contributed by atoms with Gasteiger partial charge in [-0.25, -0.2) is 0 Å². The number of aliphatic hydroxyl groups is 3. The lowest BCUT2D eigenvalue weighted by Gasteiger charge is -2.48. The molecule has 1 heterocycles. The second-order valence-corrected chi connectivity index (χ2v) is 11.6. The number of ether oxygens (including phenoxy) is 1. The molecule has 3 aliphatic carbocycles. The van der Waals surface area contributed by atoms with E-state index in [1.54, 1.807) is 6.07 Å². The summed E-state index contributed by atoms with van der Waals surface area (Å²) in [7, 11) is 1.51. The Labute approximate surface area is 241 Å². The van der Waals surface area contributed by atoms with E-state index in [0.29, 0.717) is 17.9 Å². The summed E-state index contributed by atoms with van der Waals surface area (Å²) >= 11 is 0. The molecule has 6 rings (SSSR count). The monoisotopic (exact) mass is 575 g/mol. The number of likely N-dealkylation sites (tertiary alicyclic amines) is 1. The van der Waals surface area contributed by atoms with Crippen molar-refractivity contribution >= 4 is 23.2 Å². The van der Waals surface area contributed by atoms with Gasteiger partial charge in [-0.1, -0.05) is 30.3 Å². The maximum Gasteiger partial charge on any atom is 0.255 e. The smallest absolute Gasteiger partial charge is 0.255 e. The number of phenolic OH excluding ortho intramolecular Hbond substituents is 1. The lowest BCUT2D eigenvalue weighted by atomic mass is 9.58. The van der Waals surface area contributed by atoms with Crippen molar-refractivity contribution in [3.8, 4) is 11.5 Å². The van der Waals surface area contributed by atoms with Crippen LogP contribution in [-0.4, -0.2) is 68.1 Å². The summed E-state index contributed by atoms with van der Waals surface area (Å²) < 4.78 is 5.90. The molecule has 4 aliphatic rings. The first-order chi connectivity index (χ1) is 20.0. The van der Waals surface area contributed by atoms with Crippen LogP contribution in [0.3, 0.4) is 0 Å². The predicted octanol–water partition coefficient (Wildman–Crippen LogP) is 1.71. The van der Waals surface area contributed by atoms with E-state index < -0.39 is 58.0 Å². The summed E-state index contributed by atoms with van der Waals surface area (Å²) in [6.07, 6.45) is 1.84. The van der Waals surface area contributed by atoms with Crippen molar-refractivity contribution in [1.29, 1.82) is 0 Å². The number of nitrogens with two attached hydrogens (primary N) is 2. The number of amides is 1. The van der Waals surface area contributed by atoms with Gasteiger partial charge in [0.15, 0.2) is 11.4 Å². The highest BCUT2D eigenvalue weighted by Gasteiger charge is 2.63. The van der Waals surface area contributed by atoms with Gasteiger partial charge in [0.1, 0.15) is 28.6 Å². The number of rotatable bonds is 5. The Morgan fingerprint density at radius 2 is 1.88 bits per heavy atom. The van der Waals surface area contributed by atoms with Gasteiger partial charge < -0.3 is 36.6 Å². The minimum absolute atomic E-state index is 0.000338. The van der Waals surface area contributed by atoms with Gasteiger partial charge in [-0.15, -0.1) is 0 Å². The first kappa shape index (κ1) is 28.0. The quantitative estimate of drug-likeness (QED) is 0.286. The maximum absolute atomic E-state index is 13.8. The lowest BCUT2D eigenvalue weighted by molar-refractivity contribution is -0.149. The van der Waals surface area contributed by atoms with Crippen LogP contribution in [-0.2, 0) is 27.3 Å². The van der Waals surface area contributed by atoms with Crippen molar-refractivity contribution < 1.29 is 39.5 Å². The summed E-state index contributed by atoms with van der Waals surface area (Å²) in [5.41, 5.74) is 9.89. The molecular weight excluding hydrogens is 542 g/mol. The zero-order valence-corrected chi connectivity index (χ0v) is 23.0. The van der Waals surface area contributed by atoms with Gasteiger partial charge in [0.25, 0.3) is 5.91 Å². The van der Waals surface area contributed by atoms with Crippen LogP contribution in [0, 0.1) is 11.8 Å². The molecule has 0 spiro atoms. The number of Topliss-reactive ketones (excluding diaryl/α,β-unsaturated/α-hetero) is 2. The summed E-state index contributed by atoms with van der Waals surface area (Å²) in [5, 5.41) is 45.0. The number of hydrogen-bond donors (Lipinski definition) is 6. The van der Waals surface area contributed by atoms with Crippen LogP contribution >= 0.6 is 0 Å². The van der Waals surface area contributed by atoms with Crippen LogP contribution in [0.1, 0.15) is 47.6 Å². The molecule has 11 nitrogen and oxygen atoms in total. The number of benzene rings is 2. The molecule has 2 fully saturated rings. The normalized spacial score (nSPS) is 29.3. The minimum Gasteiger partial charge on any atom is -0.508 e. The average molecular weight is 576 g/mol. The highest BCUT2D eigenvalue weighted by molar-refractivity contribution is 6.24. The number of primary amides is 1. The van der Waals surface area contributed by atoms with Crippen LogP contribution < -0.4 is 16.2 Å².